The molecule has 1 aromatic rings. The van der Waals surface area contributed by atoms with Gasteiger partial charge in [0, 0.05) is 12.3 Å². The molecule has 1 unspecified atom stereocenters. The molecule has 1 atom stereocenters. The number of aliphatic hydroxyl groups excluding tert-OH is 1. The molecule has 3 N–H and O–H groups in total. The second-order valence-corrected chi connectivity index (χ2v) is 3.78. The second kappa shape index (κ2) is 3.38. The Labute approximate surface area is 78.4 Å². The SMILES string of the molecule is Nc1cccc2c1CCC(CO)C2. The van der Waals surface area contributed by atoms with E-state index >= 15 is 0 Å². The molecule has 2 heteroatoms. The molecule has 0 fully saturated rings. The predicted octanol–water partition coefficient (Wildman–Crippen LogP) is 1.37. The topological polar surface area (TPSA) is 46.2 Å². The number of hydrogen-bond donors (Lipinski definition) is 2. The summed E-state index contributed by atoms with van der Waals surface area (Å²) < 4.78 is 0. The van der Waals surface area contributed by atoms with Crippen LogP contribution >= 0.6 is 0 Å². The summed E-state index contributed by atoms with van der Waals surface area (Å²) in [7, 11) is 0. The van der Waals surface area contributed by atoms with Crippen molar-refractivity contribution in [3.8, 4) is 0 Å². The molecule has 0 spiro atoms. The molecule has 0 saturated carbocycles. The lowest BCUT2D eigenvalue weighted by Gasteiger charge is -2.23. The molecule has 70 valence electrons. The Morgan fingerprint density at radius 3 is 3.08 bits per heavy atom. The molecule has 1 aromatic carbocycles. The van der Waals surface area contributed by atoms with Crippen LogP contribution in [0.5, 0.6) is 0 Å². The largest absolute Gasteiger partial charge is 0.398 e. The van der Waals surface area contributed by atoms with Gasteiger partial charge in [-0.1, -0.05) is 12.1 Å². The highest BCUT2D eigenvalue weighted by Gasteiger charge is 2.18. The molecule has 0 bridgehead atoms. The van der Waals surface area contributed by atoms with Gasteiger partial charge in [-0.05, 0) is 42.4 Å². The number of nitrogens with two attached hydrogens (primary N) is 1. The van der Waals surface area contributed by atoms with E-state index in [9.17, 15) is 0 Å². The van der Waals surface area contributed by atoms with Gasteiger partial charge in [0.15, 0.2) is 0 Å². The van der Waals surface area contributed by atoms with Gasteiger partial charge >= 0.3 is 0 Å². The Bertz CT molecular complexity index is 309. The van der Waals surface area contributed by atoms with E-state index in [1.54, 1.807) is 0 Å². The Morgan fingerprint density at radius 1 is 1.46 bits per heavy atom. The van der Waals surface area contributed by atoms with Crippen molar-refractivity contribution in [2.24, 2.45) is 5.92 Å². The highest BCUT2D eigenvalue weighted by Crippen LogP contribution is 2.28. The van der Waals surface area contributed by atoms with Gasteiger partial charge in [-0.2, -0.15) is 0 Å². The Balaban J connectivity index is 2.31. The second-order valence-electron chi connectivity index (χ2n) is 3.78. The van der Waals surface area contributed by atoms with Crippen LogP contribution in [0.4, 0.5) is 5.69 Å². The van der Waals surface area contributed by atoms with Gasteiger partial charge in [0.1, 0.15) is 0 Å². The highest BCUT2D eigenvalue weighted by molar-refractivity contribution is 5.51. The van der Waals surface area contributed by atoms with Crippen molar-refractivity contribution in [3.05, 3.63) is 29.3 Å². The van der Waals surface area contributed by atoms with Crippen LogP contribution in [0.1, 0.15) is 17.5 Å². The van der Waals surface area contributed by atoms with Crippen LogP contribution in [0.2, 0.25) is 0 Å². The first-order chi connectivity index (χ1) is 6.31. The van der Waals surface area contributed by atoms with Crippen molar-refractivity contribution < 1.29 is 5.11 Å². The molecule has 0 amide bonds. The smallest absolute Gasteiger partial charge is 0.0462 e. The van der Waals surface area contributed by atoms with E-state index in [2.05, 4.69) is 6.07 Å². The maximum atomic E-state index is 9.05. The fraction of sp³-hybridized carbons (Fsp3) is 0.455. The Kier molecular flexibility index (Phi) is 2.23. The minimum Gasteiger partial charge on any atom is -0.398 e. The van der Waals surface area contributed by atoms with Crippen LogP contribution in [0, 0.1) is 5.92 Å². The van der Waals surface area contributed by atoms with Crippen molar-refractivity contribution in [1.82, 2.24) is 0 Å². The van der Waals surface area contributed by atoms with Gasteiger partial charge in [-0.3, -0.25) is 0 Å². The molecular weight excluding hydrogens is 162 g/mol. The fourth-order valence-electron chi connectivity index (χ4n) is 2.07. The molecular formula is C11H15NO. The van der Waals surface area contributed by atoms with Crippen LogP contribution in [0.15, 0.2) is 18.2 Å². The fourth-order valence-corrected chi connectivity index (χ4v) is 2.07. The minimum absolute atomic E-state index is 0.300. The quantitative estimate of drug-likeness (QED) is 0.636. The molecule has 2 nitrogen and oxygen atoms in total. The first-order valence-corrected chi connectivity index (χ1v) is 4.78. The predicted molar refractivity (Wildman–Crippen MR) is 53.5 cm³/mol. The summed E-state index contributed by atoms with van der Waals surface area (Å²) in [6, 6.07) is 6.07. The van der Waals surface area contributed by atoms with E-state index in [4.69, 9.17) is 10.8 Å². The Morgan fingerprint density at radius 2 is 2.31 bits per heavy atom. The summed E-state index contributed by atoms with van der Waals surface area (Å²) in [5.74, 6) is 0.439. The molecule has 0 aromatic heterocycles. The maximum absolute atomic E-state index is 9.05. The van der Waals surface area contributed by atoms with Crippen molar-refractivity contribution in [1.29, 1.82) is 0 Å². The molecule has 1 aliphatic rings. The first kappa shape index (κ1) is 8.57. The third-order valence-electron chi connectivity index (χ3n) is 2.88. The molecule has 1 aliphatic carbocycles. The highest BCUT2D eigenvalue weighted by atomic mass is 16.3. The third-order valence-corrected chi connectivity index (χ3v) is 2.88. The number of rotatable bonds is 1. The van der Waals surface area contributed by atoms with Gasteiger partial charge in [-0.15, -0.1) is 0 Å². The van der Waals surface area contributed by atoms with Gasteiger partial charge < -0.3 is 10.8 Å². The zero-order valence-corrected chi connectivity index (χ0v) is 7.66. The molecule has 0 aliphatic heterocycles. The number of aliphatic hydroxyl groups is 1. The van der Waals surface area contributed by atoms with Gasteiger partial charge in [0.25, 0.3) is 0 Å². The van der Waals surface area contributed by atoms with Crippen LogP contribution in [0.25, 0.3) is 0 Å². The van der Waals surface area contributed by atoms with Gasteiger partial charge in [-0.25, -0.2) is 0 Å². The number of fused-ring (bicyclic) bond motifs is 1. The van der Waals surface area contributed by atoms with Crippen molar-refractivity contribution >= 4 is 5.69 Å². The van der Waals surface area contributed by atoms with E-state index in [1.807, 2.05) is 12.1 Å². The van der Waals surface area contributed by atoms with Crippen LogP contribution in [-0.4, -0.2) is 11.7 Å². The van der Waals surface area contributed by atoms with Crippen molar-refractivity contribution in [3.63, 3.8) is 0 Å². The summed E-state index contributed by atoms with van der Waals surface area (Å²) >= 11 is 0. The lowest BCUT2D eigenvalue weighted by Crippen LogP contribution is -2.18. The van der Waals surface area contributed by atoms with Crippen LogP contribution < -0.4 is 5.73 Å². The van der Waals surface area contributed by atoms with E-state index in [0.29, 0.717) is 12.5 Å². The Hall–Kier alpha value is -1.02. The summed E-state index contributed by atoms with van der Waals surface area (Å²) in [5.41, 5.74) is 9.40. The van der Waals surface area contributed by atoms with Crippen molar-refractivity contribution in [2.75, 3.05) is 12.3 Å². The molecule has 2 rings (SSSR count). The molecule has 0 heterocycles. The monoisotopic (exact) mass is 177 g/mol. The van der Waals surface area contributed by atoms with Gasteiger partial charge in [0.05, 0.1) is 0 Å². The number of benzene rings is 1. The zero-order chi connectivity index (χ0) is 9.26. The number of anilines is 1. The lowest BCUT2D eigenvalue weighted by molar-refractivity contribution is 0.213. The zero-order valence-electron chi connectivity index (χ0n) is 7.66. The molecule has 13 heavy (non-hydrogen) atoms. The minimum atomic E-state index is 0.300. The van der Waals surface area contributed by atoms with E-state index in [0.717, 1.165) is 24.9 Å². The van der Waals surface area contributed by atoms with E-state index in [1.165, 1.54) is 11.1 Å². The van der Waals surface area contributed by atoms with Crippen molar-refractivity contribution in [2.45, 2.75) is 19.3 Å². The van der Waals surface area contributed by atoms with Crippen LogP contribution in [-0.2, 0) is 12.8 Å². The average Bonchev–Trinajstić information content (AvgIpc) is 2.18. The van der Waals surface area contributed by atoms with E-state index < -0.39 is 0 Å². The standard InChI is InChI=1S/C11H15NO/c12-11-3-1-2-9-6-8(7-13)4-5-10(9)11/h1-3,8,13H,4-7,12H2. The first-order valence-electron chi connectivity index (χ1n) is 4.78. The third kappa shape index (κ3) is 1.54. The summed E-state index contributed by atoms with van der Waals surface area (Å²) in [4.78, 5) is 0. The number of hydrogen-bond acceptors (Lipinski definition) is 2. The lowest BCUT2D eigenvalue weighted by atomic mass is 9.84. The summed E-state index contributed by atoms with van der Waals surface area (Å²) in [6.07, 6.45) is 3.07. The summed E-state index contributed by atoms with van der Waals surface area (Å²) in [5, 5.41) is 9.05. The summed E-state index contributed by atoms with van der Waals surface area (Å²) in [6.45, 7) is 0.300. The maximum Gasteiger partial charge on any atom is 0.0462 e. The normalized spacial score (nSPS) is 21.2. The molecule has 0 saturated heterocycles. The average molecular weight is 177 g/mol. The van der Waals surface area contributed by atoms with Gasteiger partial charge in [0.2, 0.25) is 0 Å². The van der Waals surface area contributed by atoms with Crippen LogP contribution in [0.3, 0.4) is 0 Å². The number of nitrogen functional groups attached to an aromatic ring is 1. The van der Waals surface area contributed by atoms with E-state index in [-0.39, 0.29) is 0 Å². The molecule has 0 radical (unpaired) electrons.